The first-order chi connectivity index (χ1) is 10.9. The van der Waals surface area contributed by atoms with E-state index in [1.807, 2.05) is 25.7 Å². The molecule has 128 valence electrons. The van der Waals surface area contributed by atoms with Gasteiger partial charge < -0.3 is 14.7 Å². The summed E-state index contributed by atoms with van der Waals surface area (Å²) in [6.07, 6.45) is 4.24. The number of aliphatic hydroxyl groups is 1. The van der Waals surface area contributed by atoms with Gasteiger partial charge in [-0.2, -0.15) is 5.10 Å². The van der Waals surface area contributed by atoms with Crippen LogP contribution in [0.3, 0.4) is 0 Å². The van der Waals surface area contributed by atoms with Crippen molar-refractivity contribution in [1.82, 2.24) is 19.7 Å². The Morgan fingerprint density at radius 2 is 2.04 bits per heavy atom. The smallest absolute Gasteiger partial charge is 0.254 e. The minimum atomic E-state index is -0.786. The highest BCUT2D eigenvalue weighted by Gasteiger charge is 2.46. The average molecular weight is 322 g/mol. The number of fused-ring (bicyclic) bond motifs is 1. The number of aromatic nitrogens is 3. The van der Waals surface area contributed by atoms with Crippen LogP contribution in [0.15, 0.2) is 12.7 Å². The fourth-order valence-corrected chi connectivity index (χ4v) is 4.05. The summed E-state index contributed by atoms with van der Waals surface area (Å²) in [5.74, 6) is 0.792. The predicted molar refractivity (Wildman–Crippen MR) is 83.6 cm³/mol. The maximum Gasteiger partial charge on any atom is 0.254 e. The van der Waals surface area contributed by atoms with Gasteiger partial charge in [0.15, 0.2) is 0 Å². The second-order valence-corrected chi connectivity index (χ2v) is 7.16. The number of likely N-dealkylation sites (tertiary alicyclic amines) is 1. The first kappa shape index (κ1) is 16.4. The van der Waals surface area contributed by atoms with Crippen LogP contribution < -0.4 is 0 Å². The zero-order valence-corrected chi connectivity index (χ0v) is 14.1. The Bertz CT molecular complexity index is 546. The molecule has 1 saturated carbocycles. The van der Waals surface area contributed by atoms with Crippen molar-refractivity contribution in [3.05, 3.63) is 12.7 Å². The van der Waals surface area contributed by atoms with E-state index in [4.69, 9.17) is 4.74 Å². The zero-order chi connectivity index (χ0) is 16.6. The van der Waals surface area contributed by atoms with E-state index >= 15 is 0 Å². The third kappa shape index (κ3) is 3.12. The van der Waals surface area contributed by atoms with Gasteiger partial charge in [0.2, 0.25) is 0 Å². The maximum atomic E-state index is 12.7. The molecule has 2 heterocycles. The summed E-state index contributed by atoms with van der Waals surface area (Å²) in [6, 6.07) is -0.0475. The van der Waals surface area contributed by atoms with Crippen LogP contribution in [0.1, 0.15) is 39.7 Å². The molecule has 2 fully saturated rings. The minimum absolute atomic E-state index is 0.0422. The Morgan fingerprint density at radius 1 is 1.35 bits per heavy atom. The minimum Gasteiger partial charge on any atom is -0.391 e. The van der Waals surface area contributed by atoms with Crippen molar-refractivity contribution in [2.75, 3.05) is 19.7 Å². The molecule has 1 aliphatic carbocycles. The highest BCUT2D eigenvalue weighted by atomic mass is 16.5. The number of carbonyl (C=O) groups is 1. The average Bonchev–Trinajstić information content (AvgIpc) is 3.14. The first-order valence-corrected chi connectivity index (χ1v) is 8.38. The highest BCUT2D eigenvalue weighted by molar-refractivity contribution is 5.84. The fraction of sp³-hybridized carbons (Fsp3) is 0.812. The lowest BCUT2D eigenvalue weighted by atomic mass is 9.77. The molecule has 0 spiro atoms. The van der Waals surface area contributed by atoms with Crippen molar-refractivity contribution in [2.24, 2.45) is 11.8 Å². The molecule has 3 rings (SSSR count). The largest absolute Gasteiger partial charge is 0.391 e. The molecular weight excluding hydrogens is 296 g/mol. The van der Waals surface area contributed by atoms with E-state index in [9.17, 15) is 9.90 Å². The van der Waals surface area contributed by atoms with E-state index in [-0.39, 0.29) is 11.9 Å². The second kappa shape index (κ2) is 6.20. The zero-order valence-electron chi connectivity index (χ0n) is 14.1. The van der Waals surface area contributed by atoms with E-state index in [1.54, 1.807) is 11.0 Å². The highest BCUT2D eigenvalue weighted by Crippen LogP contribution is 2.41. The lowest BCUT2D eigenvalue weighted by Crippen LogP contribution is -2.46. The Kier molecular flexibility index (Phi) is 4.42. The molecule has 2 aliphatic rings. The topological polar surface area (TPSA) is 80.5 Å². The number of rotatable bonds is 4. The van der Waals surface area contributed by atoms with Crippen molar-refractivity contribution in [3.8, 4) is 0 Å². The van der Waals surface area contributed by atoms with E-state index in [1.165, 1.54) is 6.33 Å². The standard InChI is InChI=1S/C16H26N4O3/c1-4-23-16(2,3)15(22)19-7-11-5-13(20-10-17-9-18-20)14(21)6-12(11)8-19/h9-14,21H,4-8H2,1-3H3/t11-,12+,13-,14-/m1/s1. The van der Waals surface area contributed by atoms with Crippen LogP contribution >= 0.6 is 0 Å². The lowest BCUT2D eigenvalue weighted by Gasteiger charge is -2.34. The van der Waals surface area contributed by atoms with Gasteiger partial charge in [0.25, 0.3) is 5.91 Å². The molecule has 1 N–H and O–H groups in total. The van der Waals surface area contributed by atoms with Crippen molar-refractivity contribution in [3.63, 3.8) is 0 Å². The van der Waals surface area contributed by atoms with Crippen molar-refractivity contribution in [1.29, 1.82) is 0 Å². The van der Waals surface area contributed by atoms with E-state index < -0.39 is 11.7 Å². The second-order valence-electron chi connectivity index (χ2n) is 7.16. The molecular formula is C16H26N4O3. The number of aliphatic hydroxyl groups excluding tert-OH is 1. The first-order valence-electron chi connectivity index (χ1n) is 8.38. The summed E-state index contributed by atoms with van der Waals surface area (Å²) in [5.41, 5.74) is -0.786. The third-order valence-corrected chi connectivity index (χ3v) is 5.19. The molecule has 0 aromatic carbocycles. The van der Waals surface area contributed by atoms with Gasteiger partial charge >= 0.3 is 0 Å². The van der Waals surface area contributed by atoms with Gasteiger partial charge in [-0.25, -0.2) is 9.67 Å². The number of nitrogens with zero attached hydrogens (tertiary/aromatic N) is 4. The summed E-state index contributed by atoms with van der Waals surface area (Å²) in [4.78, 5) is 18.6. The van der Waals surface area contributed by atoms with Gasteiger partial charge in [0.05, 0.1) is 12.1 Å². The monoisotopic (exact) mass is 322 g/mol. The Balaban J connectivity index is 1.68. The third-order valence-electron chi connectivity index (χ3n) is 5.19. The van der Waals surface area contributed by atoms with Gasteiger partial charge in [-0.15, -0.1) is 0 Å². The van der Waals surface area contributed by atoms with E-state index in [2.05, 4.69) is 10.1 Å². The Hall–Kier alpha value is -1.47. The molecule has 0 unspecified atom stereocenters. The Morgan fingerprint density at radius 3 is 2.65 bits per heavy atom. The molecule has 4 atom stereocenters. The van der Waals surface area contributed by atoms with Crippen molar-refractivity contribution < 1.29 is 14.6 Å². The van der Waals surface area contributed by atoms with Gasteiger partial charge in [-0.3, -0.25) is 4.79 Å². The lowest BCUT2D eigenvalue weighted by molar-refractivity contribution is -0.152. The number of hydrogen-bond acceptors (Lipinski definition) is 5. The van der Waals surface area contributed by atoms with Gasteiger partial charge in [0.1, 0.15) is 18.3 Å². The molecule has 1 aromatic heterocycles. The fourth-order valence-electron chi connectivity index (χ4n) is 4.05. The molecule has 7 nitrogen and oxygen atoms in total. The summed E-state index contributed by atoms with van der Waals surface area (Å²) >= 11 is 0. The SMILES string of the molecule is CCOC(C)(C)C(=O)N1C[C@H]2C[C@@H](n3cncn3)[C@H](O)C[C@H]2C1. The summed E-state index contributed by atoms with van der Waals surface area (Å²) in [5, 5.41) is 14.6. The molecule has 23 heavy (non-hydrogen) atoms. The molecule has 0 bridgehead atoms. The molecule has 1 aliphatic heterocycles. The van der Waals surface area contributed by atoms with Crippen molar-refractivity contribution in [2.45, 2.75) is 51.4 Å². The van der Waals surface area contributed by atoms with Crippen LogP contribution in [0.2, 0.25) is 0 Å². The molecule has 1 aromatic rings. The summed E-state index contributed by atoms with van der Waals surface area (Å²) in [6.45, 7) is 7.52. The summed E-state index contributed by atoms with van der Waals surface area (Å²) in [7, 11) is 0. The van der Waals surface area contributed by atoms with Gasteiger partial charge in [-0.05, 0) is 45.4 Å². The van der Waals surface area contributed by atoms with Crippen LogP contribution in [0.25, 0.3) is 0 Å². The molecule has 0 radical (unpaired) electrons. The maximum absolute atomic E-state index is 12.7. The molecule has 1 saturated heterocycles. The number of ether oxygens (including phenoxy) is 1. The van der Waals surface area contributed by atoms with Crippen LogP contribution in [-0.2, 0) is 9.53 Å². The van der Waals surface area contributed by atoms with Gasteiger partial charge in [-0.1, -0.05) is 0 Å². The molecule has 1 amide bonds. The Labute approximate surface area is 136 Å². The van der Waals surface area contributed by atoms with Crippen molar-refractivity contribution >= 4 is 5.91 Å². The number of hydrogen-bond donors (Lipinski definition) is 1. The van der Waals surface area contributed by atoms with E-state index in [0.29, 0.717) is 31.4 Å². The van der Waals surface area contributed by atoms with Crippen LogP contribution in [0.5, 0.6) is 0 Å². The quantitative estimate of drug-likeness (QED) is 0.889. The van der Waals surface area contributed by atoms with Crippen LogP contribution in [0.4, 0.5) is 0 Å². The summed E-state index contributed by atoms with van der Waals surface area (Å²) < 4.78 is 7.34. The normalized spacial score (nSPS) is 31.2. The van der Waals surface area contributed by atoms with Crippen LogP contribution in [0, 0.1) is 11.8 Å². The number of amides is 1. The molecule has 7 heteroatoms. The van der Waals surface area contributed by atoms with Gasteiger partial charge in [0, 0.05) is 19.7 Å². The number of carbonyl (C=O) groups excluding carboxylic acids is 1. The predicted octanol–water partition coefficient (Wildman–Crippen LogP) is 0.864. The van der Waals surface area contributed by atoms with E-state index in [0.717, 1.165) is 13.0 Å². The van der Waals surface area contributed by atoms with Crippen LogP contribution in [-0.4, -0.2) is 62.1 Å².